The standard InChI is InChI=1S/C37H33F4N3O4/c1-23-3-7-27(8-4-23)24(2)28-9-5-26(6-10-28)22-46-37(45)44-34-14-12-30(21-43-34)31(19-25-15-17-42-18-16-25)29-11-13-32(47-35(38)39)33(20-29)48-36(40)41/h3-18,20-21,24,31,35-36H,19,22H2,1-2H3,(H,43,44,45). The zero-order valence-corrected chi connectivity index (χ0v) is 26.2. The molecule has 48 heavy (non-hydrogen) atoms. The molecule has 0 aliphatic carbocycles. The maximum Gasteiger partial charge on any atom is 0.413 e. The van der Waals surface area contributed by atoms with Gasteiger partial charge >= 0.3 is 19.3 Å². The monoisotopic (exact) mass is 659 g/mol. The molecule has 11 heteroatoms. The highest BCUT2D eigenvalue weighted by Gasteiger charge is 2.21. The lowest BCUT2D eigenvalue weighted by Gasteiger charge is -2.20. The molecule has 248 valence electrons. The van der Waals surface area contributed by atoms with E-state index >= 15 is 0 Å². The Morgan fingerprint density at radius 2 is 1.33 bits per heavy atom. The topological polar surface area (TPSA) is 82.6 Å². The first-order valence-corrected chi connectivity index (χ1v) is 15.1. The largest absolute Gasteiger partial charge is 0.444 e. The Bertz CT molecular complexity index is 1770. The van der Waals surface area contributed by atoms with Gasteiger partial charge in [-0.3, -0.25) is 10.3 Å². The Kier molecular flexibility index (Phi) is 11.2. The van der Waals surface area contributed by atoms with Gasteiger partial charge in [-0.2, -0.15) is 17.6 Å². The normalized spacial score (nSPS) is 12.4. The second-order valence-corrected chi connectivity index (χ2v) is 11.1. The zero-order chi connectivity index (χ0) is 34.0. The van der Waals surface area contributed by atoms with Crippen molar-refractivity contribution in [1.82, 2.24) is 9.97 Å². The number of benzene rings is 3. The van der Waals surface area contributed by atoms with Gasteiger partial charge in [0.15, 0.2) is 11.5 Å². The molecule has 0 fully saturated rings. The number of hydrogen-bond donors (Lipinski definition) is 1. The summed E-state index contributed by atoms with van der Waals surface area (Å²) in [6, 6.07) is 27.1. The van der Waals surface area contributed by atoms with E-state index in [1.165, 1.54) is 29.5 Å². The van der Waals surface area contributed by atoms with Crippen molar-refractivity contribution in [3.63, 3.8) is 0 Å². The number of hydrogen-bond acceptors (Lipinski definition) is 6. The highest BCUT2D eigenvalue weighted by molar-refractivity contribution is 5.83. The first kappa shape index (κ1) is 33.9. The number of halogens is 4. The predicted octanol–water partition coefficient (Wildman–Crippen LogP) is 9.26. The van der Waals surface area contributed by atoms with Crippen molar-refractivity contribution in [3.05, 3.63) is 149 Å². The average molecular weight is 660 g/mol. The van der Waals surface area contributed by atoms with Gasteiger partial charge in [-0.1, -0.05) is 73.2 Å². The van der Waals surface area contributed by atoms with Crippen molar-refractivity contribution in [2.75, 3.05) is 5.32 Å². The minimum absolute atomic E-state index is 0.0609. The molecule has 0 spiro atoms. The number of nitrogens with zero attached hydrogens (tertiary/aromatic N) is 2. The molecule has 7 nitrogen and oxygen atoms in total. The highest BCUT2D eigenvalue weighted by Crippen LogP contribution is 2.37. The number of rotatable bonds is 13. The molecule has 1 N–H and O–H groups in total. The van der Waals surface area contributed by atoms with E-state index in [0.29, 0.717) is 17.5 Å². The number of aryl methyl sites for hydroxylation is 1. The predicted molar refractivity (Wildman–Crippen MR) is 173 cm³/mol. The van der Waals surface area contributed by atoms with Gasteiger partial charge in [0.05, 0.1) is 0 Å². The number of amides is 1. The molecule has 0 aliphatic rings. The minimum Gasteiger partial charge on any atom is -0.444 e. The molecule has 2 heterocycles. The molecule has 5 aromatic rings. The third-order valence-corrected chi connectivity index (χ3v) is 7.84. The number of nitrogens with one attached hydrogen (secondary N) is 1. The summed E-state index contributed by atoms with van der Waals surface area (Å²) in [5.74, 6) is -1.05. The van der Waals surface area contributed by atoms with E-state index in [9.17, 15) is 22.4 Å². The minimum atomic E-state index is -3.25. The SMILES string of the molecule is Cc1ccc(C(C)c2ccc(COC(=O)Nc3ccc(C(Cc4ccncc4)c4ccc(OC(F)F)c(OC(F)F)c4)cn3)cc2)cc1. The first-order valence-electron chi connectivity index (χ1n) is 15.1. The Hall–Kier alpha value is -5.45. The van der Waals surface area contributed by atoms with Crippen LogP contribution in [0.4, 0.5) is 28.2 Å². The number of carbonyl (C=O) groups excluding carboxylic acids is 1. The zero-order valence-electron chi connectivity index (χ0n) is 26.2. The number of anilines is 1. The van der Waals surface area contributed by atoms with Crippen LogP contribution in [0.1, 0.15) is 57.7 Å². The van der Waals surface area contributed by atoms with Crippen LogP contribution in [0.5, 0.6) is 11.5 Å². The Labute approximate surface area is 275 Å². The molecule has 0 saturated heterocycles. The van der Waals surface area contributed by atoms with Crippen molar-refractivity contribution < 1.29 is 36.6 Å². The molecule has 2 aromatic heterocycles. The quantitative estimate of drug-likeness (QED) is 0.127. The van der Waals surface area contributed by atoms with Gasteiger partial charge in [-0.05, 0) is 77.1 Å². The van der Waals surface area contributed by atoms with E-state index in [2.05, 4.69) is 62.9 Å². The first-order chi connectivity index (χ1) is 23.1. The van der Waals surface area contributed by atoms with E-state index in [1.54, 1.807) is 36.7 Å². The fourth-order valence-corrected chi connectivity index (χ4v) is 5.23. The van der Waals surface area contributed by atoms with Crippen molar-refractivity contribution in [2.45, 2.75) is 51.9 Å². The molecule has 0 saturated carbocycles. The van der Waals surface area contributed by atoms with Crippen LogP contribution in [0.25, 0.3) is 0 Å². The lowest BCUT2D eigenvalue weighted by Crippen LogP contribution is -2.15. The number of alkyl halides is 4. The Morgan fingerprint density at radius 3 is 1.96 bits per heavy atom. The van der Waals surface area contributed by atoms with Crippen LogP contribution in [0, 0.1) is 6.92 Å². The second-order valence-electron chi connectivity index (χ2n) is 11.1. The maximum atomic E-state index is 13.1. The Balaban J connectivity index is 1.25. The Morgan fingerprint density at radius 1 is 0.729 bits per heavy atom. The van der Waals surface area contributed by atoms with E-state index in [4.69, 9.17) is 4.74 Å². The van der Waals surface area contributed by atoms with Crippen LogP contribution < -0.4 is 14.8 Å². The summed E-state index contributed by atoms with van der Waals surface area (Å²) in [5.41, 5.74) is 6.43. The fraction of sp³-hybridized carbons (Fsp3) is 0.216. The third-order valence-electron chi connectivity index (χ3n) is 7.84. The van der Waals surface area contributed by atoms with Crippen LogP contribution in [-0.4, -0.2) is 29.3 Å². The smallest absolute Gasteiger partial charge is 0.413 e. The van der Waals surface area contributed by atoms with Crippen molar-refractivity contribution >= 4 is 11.9 Å². The van der Waals surface area contributed by atoms with E-state index < -0.39 is 36.7 Å². The van der Waals surface area contributed by atoms with Crippen molar-refractivity contribution in [1.29, 1.82) is 0 Å². The molecule has 0 aliphatic heterocycles. The summed E-state index contributed by atoms with van der Waals surface area (Å²) < 4.78 is 66.3. The molecule has 0 radical (unpaired) electrons. The molecule has 3 aromatic carbocycles. The number of carbonyl (C=O) groups is 1. The fourth-order valence-electron chi connectivity index (χ4n) is 5.23. The van der Waals surface area contributed by atoms with E-state index in [1.807, 2.05) is 24.3 Å². The highest BCUT2D eigenvalue weighted by atomic mass is 19.3. The van der Waals surface area contributed by atoms with Crippen LogP contribution in [0.3, 0.4) is 0 Å². The van der Waals surface area contributed by atoms with Gasteiger partial charge in [0.25, 0.3) is 0 Å². The summed E-state index contributed by atoms with van der Waals surface area (Å²) >= 11 is 0. The summed E-state index contributed by atoms with van der Waals surface area (Å²) in [7, 11) is 0. The molecule has 2 unspecified atom stereocenters. The van der Waals surface area contributed by atoms with Gasteiger partial charge in [0, 0.05) is 30.4 Å². The van der Waals surface area contributed by atoms with Gasteiger partial charge < -0.3 is 14.2 Å². The van der Waals surface area contributed by atoms with E-state index in [-0.39, 0.29) is 18.3 Å². The molecule has 2 atom stereocenters. The summed E-state index contributed by atoms with van der Waals surface area (Å²) in [5, 5.41) is 2.61. The molecular weight excluding hydrogens is 626 g/mol. The van der Waals surface area contributed by atoms with Gasteiger partial charge in [-0.15, -0.1) is 0 Å². The van der Waals surface area contributed by atoms with Crippen LogP contribution in [0.15, 0.2) is 110 Å². The molecule has 1 amide bonds. The number of pyridine rings is 2. The van der Waals surface area contributed by atoms with E-state index in [0.717, 1.165) is 22.8 Å². The van der Waals surface area contributed by atoms with Gasteiger partial charge in [0.1, 0.15) is 12.4 Å². The molecule has 0 bridgehead atoms. The maximum absolute atomic E-state index is 13.1. The van der Waals surface area contributed by atoms with Crippen LogP contribution in [-0.2, 0) is 17.8 Å². The van der Waals surface area contributed by atoms with Crippen molar-refractivity contribution in [2.24, 2.45) is 0 Å². The molecule has 5 rings (SSSR count). The summed E-state index contributed by atoms with van der Waals surface area (Å²) in [6.07, 6.45) is 4.48. The van der Waals surface area contributed by atoms with Gasteiger partial charge in [-0.25, -0.2) is 9.78 Å². The van der Waals surface area contributed by atoms with Crippen LogP contribution >= 0.6 is 0 Å². The summed E-state index contributed by atoms with van der Waals surface area (Å²) in [4.78, 5) is 21.0. The van der Waals surface area contributed by atoms with Gasteiger partial charge in [0.2, 0.25) is 0 Å². The second kappa shape index (κ2) is 15.9. The average Bonchev–Trinajstić information content (AvgIpc) is 3.08. The van der Waals surface area contributed by atoms with Crippen LogP contribution in [0.2, 0.25) is 0 Å². The molecular formula is C37H33F4N3O4. The number of ether oxygens (including phenoxy) is 3. The lowest BCUT2D eigenvalue weighted by atomic mass is 9.87. The third kappa shape index (κ3) is 9.31. The summed E-state index contributed by atoms with van der Waals surface area (Å²) in [6.45, 7) is -2.22. The lowest BCUT2D eigenvalue weighted by molar-refractivity contribution is -0.0692. The van der Waals surface area contributed by atoms with Crippen molar-refractivity contribution in [3.8, 4) is 11.5 Å². The number of aromatic nitrogens is 2.